The SMILES string of the molecule is CC(=NNC(=O)CN1CCN(S(=O)(=O)c2ccc(Br)cc2)CC1)c1ccccc1O. The average molecular weight is 495 g/mol. The van der Waals surface area contributed by atoms with Gasteiger partial charge in [-0.05, 0) is 43.3 Å². The number of para-hydroxylation sites is 1. The van der Waals surface area contributed by atoms with Gasteiger partial charge < -0.3 is 5.11 Å². The zero-order valence-corrected chi connectivity index (χ0v) is 18.9. The van der Waals surface area contributed by atoms with Gasteiger partial charge in [0.25, 0.3) is 5.91 Å². The van der Waals surface area contributed by atoms with Crippen LogP contribution in [0.4, 0.5) is 0 Å². The number of phenolic OH excluding ortho intramolecular Hbond substituents is 1. The number of piperazine rings is 1. The minimum absolute atomic E-state index is 0.0936. The number of rotatable bonds is 6. The van der Waals surface area contributed by atoms with E-state index in [1.807, 2.05) is 4.90 Å². The van der Waals surface area contributed by atoms with Crippen molar-refractivity contribution in [3.05, 3.63) is 58.6 Å². The second-order valence-corrected chi connectivity index (χ2v) is 9.74. The maximum absolute atomic E-state index is 12.7. The second-order valence-electron chi connectivity index (χ2n) is 6.88. The number of benzene rings is 2. The number of hydrogen-bond acceptors (Lipinski definition) is 6. The fourth-order valence-corrected chi connectivity index (χ4v) is 4.79. The third-order valence-corrected chi connectivity index (χ3v) is 7.23. The highest BCUT2D eigenvalue weighted by Gasteiger charge is 2.29. The number of hydrogen-bond donors (Lipinski definition) is 2. The summed E-state index contributed by atoms with van der Waals surface area (Å²) in [5.41, 5.74) is 3.53. The molecule has 0 saturated carbocycles. The largest absolute Gasteiger partial charge is 0.507 e. The van der Waals surface area contributed by atoms with E-state index in [0.29, 0.717) is 37.5 Å². The quantitative estimate of drug-likeness (QED) is 0.472. The monoisotopic (exact) mass is 494 g/mol. The molecule has 0 aromatic heterocycles. The second kappa shape index (κ2) is 9.69. The third-order valence-electron chi connectivity index (χ3n) is 4.79. The molecular formula is C20H23BrN4O4S. The van der Waals surface area contributed by atoms with Crippen LogP contribution in [0.25, 0.3) is 0 Å². The molecule has 0 spiro atoms. The molecule has 2 N–H and O–H groups in total. The lowest BCUT2D eigenvalue weighted by Gasteiger charge is -2.33. The van der Waals surface area contributed by atoms with Crippen molar-refractivity contribution in [2.24, 2.45) is 5.10 Å². The van der Waals surface area contributed by atoms with Gasteiger partial charge in [-0.1, -0.05) is 28.1 Å². The van der Waals surface area contributed by atoms with Gasteiger partial charge in [-0.15, -0.1) is 0 Å². The summed E-state index contributed by atoms with van der Waals surface area (Å²) < 4.78 is 27.7. The first kappa shape index (κ1) is 22.4. The smallest absolute Gasteiger partial charge is 0.254 e. The normalized spacial score (nSPS) is 16.4. The van der Waals surface area contributed by atoms with Crippen molar-refractivity contribution in [1.29, 1.82) is 0 Å². The Morgan fingerprint density at radius 1 is 1.10 bits per heavy atom. The maximum atomic E-state index is 12.7. The lowest BCUT2D eigenvalue weighted by Crippen LogP contribution is -2.50. The van der Waals surface area contributed by atoms with Crippen molar-refractivity contribution in [3.8, 4) is 5.75 Å². The van der Waals surface area contributed by atoms with E-state index in [-0.39, 0.29) is 23.1 Å². The molecule has 1 aliphatic heterocycles. The predicted molar refractivity (Wildman–Crippen MR) is 118 cm³/mol. The summed E-state index contributed by atoms with van der Waals surface area (Å²) in [7, 11) is -3.55. The first-order valence-corrected chi connectivity index (χ1v) is 11.6. The molecule has 0 unspecified atom stereocenters. The fraction of sp³-hybridized carbons (Fsp3) is 0.300. The first-order valence-electron chi connectivity index (χ1n) is 9.37. The zero-order valence-electron chi connectivity index (χ0n) is 16.5. The average Bonchev–Trinajstić information content (AvgIpc) is 2.73. The summed E-state index contributed by atoms with van der Waals surface area (Å²) in [5, 5.41) is 13.9. The molecule has 1 aliphatic rings. The van der Waals surface area contributed by atoms with E-state index in [0.717, 1.165) is 4.47 Å². The number of nitrogens with zero attached hydrogens (tertiary/aromatic N) is 3. The van der Waals surface area contributed by atoms with Crippen molar-refractivity contribution < 1.29 is 18.3 Å². The molecule has 1 saturated heterocycles. The molecule has 0 radical (unpaired) electrons. The van der Waals surface area contributed by atoms with Gasteiger partial charge in [0.2, 0.25) is 10.0 Å². The number of hydrazone groups is 1. The van der Waals surface area contributed by atoms with Crippen LogP contribution in [0.2, 0.25) is 0 Å². The van der Waals surface area contributed by atoms with Gasteiger partial charge in [0.05, 0.1) is 17.2 Å². The molecule has 1 fully saturated rings. The standard InChI is InChI=1S/C20H23BrN4O4S/c1-15(18-4-2-3-5-19(18)26)22-23-20(27)14-24-10-12-25(13-11-24)30(28,29)17-8-6-16(21)7-9-17/h2-9,26H,10-14H2,1H3,(H,23,27). The molecule has 10 heteroatoms. The Morgan fingerprint density at radius 3 is 2.37 bits per heavy atom. The molecule has 2 aromatic carbocycles. The van der Waals surface area contributed by atoms with E-state index >= 15 is 0 Å². The van der Waals surface area contributed by atoms with E-state index in [4.69, 9.17) is 0 Å². The number of aromatic hydroxyl groups is 1. The van der Waals surface area contributed by atoms with Crippen molar-refractivity contribution >= 4 is 37.6 Å². The first-order chi connectivity index (χ1) is 14.3. The summed E-state index contributed by atoms with van der Waals surface area (Å²) in [6.07, 6.45) is 0. The summed E-state index contributed by atoms with van der Waals surface area (Å²) >= 11 is 3.30. The molecule has 0 bridgehead atoms. The number of nitrogens with one attached hydrogen (secondary N) is 1. The summed E-state index contributed by atoms with van der Waals surface area (Å²) in [6.45, 7) is 3.33. The zero-order chi connectivity index (χ0) is 21.7. The Kier molecular flexibility index (Phi) is 7.24. The minimum atomic E-state index is -3.55. The highest BCUT2D eigenvalue weighted by atomic mass is 79.9. The van der Waals surface area contributed by atoms with Gasteiger partial charge >= 0.3 is 0 Å². The predicted octanol–water partition coefficient (Wildman–Crippen LogP) is 2.00. The van der Waals surface area contributed by atoms with Crippen LogP contribution < -0.4 is 5.43 Å². The highest BCUT2D eigenvalue weighted by molar-refractivity contribution is 9.10. The van der Waals surface area contributed by atoms with Crippen LogP contribution in [0.1, 0.15) is 12.5 Å². The third kappa shape index (κ3) is 5.45. The van der Waals surface area contributed by atoms with Crippen molar-refractivity contribution in [1.82, 2.24) is 14.6 Å². The molecular weight excluding hydrogens is 472 g/mol. The van der Waals surface area contributed by atoms with Crippen LogP contribution in [0.5, 0.6) is 5.75 Å². The van der Waals surface area contributed by atoms with Crippen LogP contribution in [0.15, 0.2) is 63.0 Å². The number of halogens is 1. The summed E-state index contributed by atoms with van der Waals surface area (Å²) in [4.78, 5) is 14.3. The Balaban J connectivity index is 1.52. The lowest BCUT2D eigenvalue weighted by atomic mass is 10.1. The van der Waals surface area contributed by atoms with E-state index in [1.165, 1.54) is 4.31 Å². The minimum Gasteiger partial charge on any atom is -0.507 e. The van der Waals surface area contributed by atoms with Crippen LogP contribution in [0, 0.1) is 0 Å². The summed E-state index contributed by atoms with van der Waals surface area (Å²) in [5.74, 6) is -0.204. The lowest BCUT2D eigenvalue weighted by molar-refractivity contribution is -0.122. The number of carbonyl (C=O) groups excluding carboxylic acids is 1. The van der Waals surface area contributed by atoms with Crippen molar-refractivity contribution in [2.75, 3.05) is 32.7 Å². The van der Waals surface area contributed by atoms with Crippen LogP contribution >= 0.6 is 15.9 Å². The number of phenols is 1. The van der Waals surface area contributed by atoms with E-state index in [2.05, 4.69) is 26.5 Å². The van der Waals surface area contributed by atoms with Crippen molar-refractivity contribution in [2.45, 2.75) is 11.8 Å². The number of amides is 1. The van der Waals surface area contributed by atoms with E-state index < -0.39 is 10.0 Å². The fourth-order valence-electron chi connectivity index (χ4n) is 3.11. The van der Waals surface area contributed by atoms with E-state index in [1.54, 1.807) is 55.5 Å². The highest BCUT2D eigenvalue weighted by Crippen LogP contribution is 2.20. The molecule has 160 valence electrons. The molecule has 1 amide bonds. The molecule has 2 aromatic rings. The summed E-state index contributed by atoms with van der Waals surface area (Å²) in [6, 6.07) is 13.3. The number of carbonyl (C=O) groups is 1. The van der Waals surface area contributed by atoms with Gasteiger partial charge in [-0.2, -0.15) is 9.41 Å². The molecule has 30 heavy (non-hydrogen) atoms. The topological polar surface area (TPSA) is 102 Å². The Morgan fingerprint density at radius 2 is 1.73 bits per heavy atom. The van der Waals surface area contributed by atoms with E-state index in [9.17, 15) is 18.3 Å². The van der Waals surface area contributed by atoms with Gasteiger partial charge in [0, 0.05) is 36.2 Å². The molecule has 1 heterocycles. The van der Waals surface area contributed by atoms with Crippen molar-refractivity contribution in [3.63, 3.8) is 0 Å². The van der Waals surface area contributed by atoms with Gasteiger partial charge in [-0.3, -0.25) is 9.69 Å². The van der Waals surface area contributed by atoms with Crippen LogP contribution in [-0.4, -0.2) is 67.1 Å². The molecule has 8 nitrogen and oxygen atoms in total. The maximum Gasteiger partial charge on any atom is 0.254 e. The van der Waals surface area contributed by atoms with Gasteiger partial charge in [0.15, 0.2) is 0 Å². The Labute approximate surface area is 184 Å². The number of sulfonamides is 1. The molecule has 0 atom stereocenters. The van der Waals surface area contributed by atoms with Crippen LogP contribution in [0.3, 0.4) is 0 Å². The Hall–Kier alpha value is -2.27. The molecule has 0 aliphatic carbocycles. The van der Waals surface area contributed by atoms with Crippen LogP contribution in [-0.2, 0) is 14.8 Å². The Bertz CT molecular complexity index is 1030. The van der Waals surface area contributed by atoms with Gasteiger partial charge in [-0.25, -0.2) is 13.8 Å². The van der Waals surface area contributed by atoms with Gasteiger partial charge in [0.1, 0.15) is 5.75 Å². The molecule has 3 rings (SSSR count).